The molecule has 4 nitrogen and oxygen atoms in total. The second-order valence-corrected chi connectivity index (χ2v) is 5.01. The van der Waals surface area contributed by atoms with Crippen LogP contribution in [0.2, 0.25) is 0 Å². The van der Waals surface area contributed by atoms with E-state index in [9.17, 15) is 0 Å². The molecular formula is C16H20N4. The molecule has 1 aliphatic heterocycles. The molecule has 20 heavy (non-hydrogen) atoms. The molecule has 2 heterocycles. The molecule has 0 aliphatic carbocycles. The largest absolute Gasteiger partial charge is 0.356 e. The number of nitrogens with zero attached hydrogens (tertiary/aromatic N) is 4. The average Bonchev–Trinajstić information content (AvgIpc) is 3.04. The van der Waals surface area contributed by atoms with Gasteiger partial charge in [-0.2, -0.15) is 0 Å². The fraction of sp³-hybridized carbons (Fsp3) is 0.375. The number of rotatable bonds is 4. The molecule has 0 unspecified atom stereocenters. The van der Waals surface area contributed by atoms with E-state index in [-0.39, 0.29) is 0 Å². The van der Waals surface area contributed by atoms with Gasteiger partial charge in [0.25, 0.3) is 0 Å². The quantitative estimate of drug-likeness (QED) is 0.852. The van der Waals surface area contributed by atoms with E-state index in [0.717, 1.165) is 31.3 Å². The Labute approximate surface area is 120 Å². The Morgan fingerprint density at radius 3 is 2.55 bits per heavy atom. The molecule has 0 spiro atoms. The highest BCUT2D eigenvalue weighted by atomic mass is 15.2. The summed E-state index contributed by atoms with van der Waals surface area (Å²) >= 11 is 0. The van der Waals surface area contributed by atoms with Gasteiger partial charge in [0.2, 0.25) is 0 Å². The smallest absolute Gasteiger partial charge is 0.138 e. The molecular weight excluding hydrogens is 248 g/mol. The standard InChI is InChI=1S/C16H20N4/c1-2-20(14-8-4-3-5-9-14)16-12-15(17-13-18-16)19-10-6-7-11-19/h3-5,8-9,12-13H,2,6-7,10-11H2,1H3. The minimum absolute atomic E-state index is 0.889. The zero-order chi connectivity index (χ0) is 13.8. The minimum atomic E-state index is 0.889. The van der Waals surface area contributed by atoms with Crippen molar-refractivity contribution >= 4 is 17.3 Å². The maximum absolute atomic E-state index is 4.45. The van der Waals surface area contributed by atoms with Crippen LogP contribution in [-0.4, -0.2) is 29.6 Å². The zero-order valence-electron chi connectivity index (χ0n) is 11.9. The predicted octanol–water partition coefficient (Wildman–Crippen LogP) is 3.23. The van der Waals surface area contributed by atoms with Crippen LogP contribution in [-0.2, 0) is 0 Å². The van der Waals surface area contributed by atoms with E-state index >= 15 is 0 Å². The lowest BCUT2D eigenvalue weighted by Gasteiger charge is -2.24. The van der Waals surface area contributed by atoms with Gasteiger partial charge in [0, 0.05) is 31.4 Å². The van der Waals surface area contributed by atoms with Crippen LogP contribution in [0.15, 0.2) is 42.7 Å². The molecule has 0 N–H and O–H groups in total. The Kier molecular flexibility index (Phi) is 3.81. The summed E-state index contributed by atoms with van der Waals surface area (Å²) in [6.45, 7) is 5.24. The lowest BCUT2D eigenvalue weighted by Crippen LogP contribution is -2.21. The molecule has 2 aromatic rings. The van der Waals surface area contributed by atoms with Crippen molar-refractivity contribution in [2.45, 2.75) is 19.8 Å². The van der Waals surface area contributed by atoms with Crippen LogP contribution in [0.1, 0.15) is 19.8 Å². The van der Waals surface area contributed by atoms with Crippen LogP contribution in [0.5, 0.6) is 0 Å². The summed E-state index contributed by atoms with van der Waals surface area (Å²) in [4.78, 5) is 13.4. The lowest BCUT2D eigenvalue weighted by molar-refractivity contribution is 0.913. The van der Waals surface area contributed by atoms with Crippen molar-refractivity contribution in [3.05, 3.63) is 42.7 Å². The third kappa shape index (κ3) is 2.59. The minimum Gasteiger partial charge on any atom is -0.356 e. The summed E-state index contributed by atoms with van der Waals surface area (Å²) in [5.41, 5.74) is 1.17. The van der Waals surface area contributed by atoms with Gasteiger partial charge in [0.1, 0.15) is 18.0 Å². The van der Waals surface area contributed by atoms with Crippen LogP contribution >= 0.6 is 0 Å². The topological polar surface area (TPSA) is 32.3 Å². The van der Waals surface area contributed by atoms with E-state index < -0.39 is 0 Å². The van der Waals surface area contributed by atoms with Gasteiger partial charge >= 0.3 is 0 Å². The molecule has 1 fully saturated rings. The van der Waals surface area contributed by atoms with Crippen molar-refractivity contribution in [2.24, 2.45) is 0 Å². The number of aromatic nitrogens is 2. The number of hydrogen-bond donors (Lipinski definition) is 0. The molecule has 1 aromatic carbocycles. The van der Waals surface area contributed by atoms with Crippen molar-refractivity contribution in [2.75, 3.05) is 29.4 Å². The molecule has 1 saturated heterocycles. The third-order valence-electron chi connectivity index (χ3n) is 3.73. The number of benzene rings is 1. The van der Waals surface area contributed by atoms with Crippen molar-refractivity contribution in [1.29, 1.82) is 0 Å². The first-order valence-corrected chi connectivity index (χ1v) is 7.28. The zero-order valence-corrected chi connectivity index (χ0v) is 11.9. The third-order valence-corrected chi connectivity index (χ3v) is 3.73. The van der Waals surface area contributed by atoms with E-state index in [1.165, 1.54) is 18.5 Å². The lowest BCUT2D eigenvalue weighted by atomic mass is 10.3. The Hall–Kier alpha value is -2.10. The summed E-state index contributed by atoms with van der Waals surface area (Å²) in [6.07, 6.45) is 4.19. The maximum Gasteiger partial charge on any atom is 0.138 e. The SMILES string of the molecule is CCN(c1ccccc1)c1cc(N2CCCC2)ncn1. The number of para-hydroxylation sites is 1. The molecule has 1 aromatic heterocycles. The molecule has 3 rings (SSSR count). The Bertz CT molecular complexity index is 549. The predicted molar refractivity (Wildman–Crippen MR) is 82.6 cm³/mol. The maximum atomic E-state index is 4.45. The van der Waals surface area contributed by atoms with Crippen molar-refractivity contribution < 1.29 is 0 Å². The summed E-state index contributed by atoms with van der Waals surface area (Å²) in [5, 5.41) is 0. The Morgan fingerprint density at radius 2 is 1.85 bits per heavy atom. The van der Waals surface area contributed by atoms with Gasteiger partial charge in [-0.3, -0.25) is 0 Å². The van der Waals surface area contributed by atoms with E-state index in [1.54, 1.807) is 6.33 Å². The summed E-state index contributed by atoms with van der Waals surface area (Å²) in [6, 6.07) is 12.5. The molecule has 4 heteroatoms. The molecule has 0 bridgehead atoms. The van der Waals surface area contributed by atoms with Crippen LogP contribution < -0.4 is 9.80 Å². The van der Waals surface area contributed by atoms with Crippen molar-refractivity contribution in [3.8, 4) is 0 Å². The van der Waals surface area contributed by atoms with Crippen molar-refractivity contribution in [3.63, 3.8) is 0 Å². The second-order valence-electron chi connectivity index (χ2n) is 5.01. The van der Waals surface area contributed by atoms with Gasteiger partial charge in [-0.25, -0.2) is 9.97 Å². The molecule has 0 amide bonds. The van der Waals surface area contributed by atoms with E-state index in [2.05, 4.69) is 57.0 Å². The molecule has 1 aliphatic rings. The fourth-order valence-electron chi connectivity index (χ4n) is 2.69. The first-order valence-electron chi connectivity index (χ1n) is 7.28. The van der Waals surface area contributed by atoms with Crippen LogP contribution in [0.25, 0.3) is 0 Å². The van der Waals surface area contributed by atoms with Gasteiger partial charge in [0.05, 0.1) is 0 Å². The van der Waals surface area contributed by atoms with Gasteiger partial charge < -0.3 is 9.80 Å². The second kappa shape index (κ2) is 5.90. The molecule has 104 valence electrons. The van der Waals surface area contributed by atoms with E-state index in [1.807, 2.05) is 6.07 Å². The van der Waals surface area contributed by atoms with Gasteiger partial charge in [-0.1, -0.05) is 18.2 Å². The van der Waals surface area contributed by atoms with Gasteiger partial charge in [0.15, 0.2) is 0 Å². The van der Waals surface area contributed by atoms with Crippen LogP contribution in [0.3, 0.4) is 0 Å². The molecule has 0 radical (unpaired) electrons. The van der Waals surface area contributed by atoms with Crippen LogP contribution in [0, 0.1) is 0 Å². The van der Waals surface area contributed by atoms with E-state index in [0.29, 0.717) is 0 Å². The Morgan fingerprint density at radius 1 is 1.10 bits per heavy atom. The van der Waals surface area contributed by atoms with Gasteiger partial charge in [-0.05, 0) is 31.9 Å². The van der Waals surface area contributed by atoms with Crippen molar-refractivity contribution in [1.82, 2.24) is 9.97 Å². The fourth-order valence-corrected chi connectivity index (χ4v) is 2.69. The number of hydrogen-bond acceptors (Lipinski definition) is 4. The monoisotopic (exact) mass is 268 g/mol. The first-order chi connectivity index (χ1) is 9.88. The summed E-state index contributed by atoms with van der Waals surface area (Å²) in [7, 11) is 0. The number of anilines is 3. The molecule has 0 saturated carbocycles. The summed E-state index contributed by atoms with van der Waals surface area (Å²) in [5.74, 6) is 2.01. The first kappa shape index (κ1) is 12.9. The van der Waals surface area contributed by atoms with E-state index in [4.69, 9.17) is 0 Å². The van der Waals surface area contributed by atoms with Gasteiger partial charge in [-0.15, -0.1) is 0 Å². The highest BCUT2D eigenvalue weighted by Gasteiger charge is 2.16. The normalized spacial score (nSPS) is 14.6. The molecule has 0 atom stereocenters. The van der Waals surface area contributed by atoms with Crippen LogP contribution in [0.4, 0.5) is 17.3 Å². The highest BCUT2D eigenvalue weighted by Crippen LogP contribution is 2.26. The summed E-state index contributed by atoms with van der Waals surface area (Å²) < 4.78 is 0. The Balaban J connectivity index is 1.90. The highest BCUT2D eigenvalue weighted by molar-refractivity contribution is 5.62. The average molecular weight is 268 g/mol.